The Hall–Kier alpha value is -2.67. The standard InChI is InChI=1S/C25H28N4OS/c1-28-13-15-29(16-14-28)19-21-6-4-5-20(17-21)18-27-25(30)22-8-10-23(11-9-22)31-24-7-2-3-12-26-24/h2-12,17H,13-16,18-19H2,1H3,(H,27,30). The number of nitrogens with one attached hydrogen (secondary N) is 1. The number of hydrogen-bond acceptors (Lipinski definition) is 5. The van der Waals surface area contributed by atoms with Gasteiger partial charge in [0.2, 0.25) is 0 Å². The highest BCUT2D eigenvalue weighted by atomic mass is 32.2. The van der Waals surface area contributed by atoms with Gasteiger partial charge in [0, 0.05) is 55.9 Å². The molecule has 1 fully saturated rings. The number of aromatic nitrogens is 1. The van der Waals surface area contributed by atoms with Gasteiger partial charge >= 0.3 is 0 Å². The summed E-state index contributed by atoms with van der Waals surface area (Å²) in [5.41, 5.74) is 3.09. The predicted molar refractivity (Wildman–Crippen MR) is 125 cm³/mol. The molecule has 0 atom stereocenters. The zero-order chi connectivity index (χ0) is 21.5. The van der Waals surface area contributed by atoms with Crippen molar-refractivity contribution < 1.29 is 4.79 Å². The van der Waals surface area contributed by atoms with E-state index in [1.54, 1.807) is 18.0 Å². The van der Waals surface area contributed by atoms with E-state index in [0.717, 1.165) is 48.2 Å². The predicted octanol–water partition coefficient (Wildman–Crippen LogP) is 3.91. The van der Waals surface area contributed by atoms with E-state index in [0.29, 0.717) is 12.1 Å². The third-order valence-electron chi connectivity index (χ3n) is 5.42. The monoisotopic (exact) mass is 432 g/mol. The normalized spacial score (nSPS) is 15.0. The first-order chi connectivity index (χ1) is 15.2. The lowest BCUT2D eigenvalue weighted by molar-refractivity contribution is 0.0951. The van der Waals surface area contributed by atoms with E-state index in [9.17, 15) is 4.79 Å². The number of hydrogen-bond donors (Lipinski definition) is 1. The molecule has 1 aliphatic rings. The number of pyridine rings is 1. The van der Waals surface area contributed by atoms with Gasteiger partial charge in [-0.2, -0.15) is 0 Å². The SMILES string of the molecule is CN1CCN(Cc2cccc(CNC(=O)c3ccc(Sc4ccccn4)cc3)c2)CC1. The number of rotatable bonds is 7. The Morgan fingerprint density at radius 3 is 2.48 bits per heavy atom. The molecule has 6 heteroatoms. The van der Waals surface area contributed by atoms with Crippen LogP contribution in [-0.4, -0.2) is 53.9 Å². The van der Waals surface area contributed by atoms with Gasteiger partial charge in [-0.15, -0.1) is 0 Å². The summed E-state index contributed by atoms with van der Waals surface area (Å²) in [4.78, 5) is 22.8. The second kappa shape index (κ2) is 10.6. The Kier molecular flexibility index (Phi) is 7.35. The number of carbonyl (C=O) groups excluding carboxylic acids is 1. The Labute approximate surface area is 188 Å². The molecule has 0 aliphatic carbocycles. The Morgan fingerprint density at radius 2 is 1.74 bits per heavy atom. The van der Waals surface area contributed by atoms with Crippen LogP contribution in [0.4, 0.5) is 0 Å². The summed E-state index contributed by atoms with van der Waals surface area (Å²) < 4.78 is 0. The van der Waals surface area contributed by atoms with Crippen LogP contribution in [0.25, 0.3) is 0 Å². The Balaban J connectivity index is 1.29. The number of carbonyl (C=O) groups is 1. The largest absolute Gasteiger partial charge is 0.348 e. The average molecular weight is 433 g/mol. The van der Waals surface area contributed by atoms with Crippen molar-refractivity contribution in [2.24, 2.45) is 0 Å². The molecule has 1 saturated heterocycles. The van der Waals surface area contributed by atoms with Crippen molar-refractivity contribution in [2.45, 2.75) is 23.0 Å². The van der Waals surface area contributed by atoms with Crippen molar-refractivity contribution in [1.29, 1.82) is 0 Å². The van der Waals surface area contributed by atoms with Gasteiger partial charge in [0.15, 0.2) is 0 Å². The van der Waals surface area contributed by atoms with E-state index >= 15 is 0 Å². The highest BCUT2D eigenvalue weighted by molar-refractivity contribution is 7.99. The molecule has 31 heavy (non-hydrogen) atoms. The Bertz CT molecular complexity index is 986. The molecule has 5 nitrogen and oxygen atoms in total. The van der Waals surface area contributed by atoms with Gasteiger partial charge < -0.3 is 10.2 Å². The molecule has 4 rings (SSSR count). The third-order valence-corrected chi connectivity index (χ3v) is 6.38. The lowest BCUT2D eigenvalue weighted by atomic mass is 10.1. The fraction of sp³-hybridized carbons (Fsp3) is 0.280. The fourth-order valence-corrected chi connectivity index (χ4v) is 4.36. The number of benzene rings is 2. The molecule has 160 valence electrons. The van der Waals surface area contributed by atoms with Crippen LogP contribution in [-0.2, 0) is 13.1 Å². The quantitative estimate of drug-likeness (QED) is 0.613. The van der Waals surface area contributed by atoms with E-state index in [1.165, 1.54) is 5.56 Å². The van der Waals surface area contributed by atoms with Crippen LogP contribution in [0.2, 0.25) is 0 Å². The molecular formula is C25H28N4OS. The second-order valence-corrected chi connectivity index (χ2v) is 8.97. The number of amides is 1. The van der Waals surface area contributed by atoms with Crippen molar-refractivity contribution in [2.75, 3.05) is 33.2 Å². The molecule has 3 aromatic rings. The minimum atomic E-state index is -0.0566. The van der Waals surface area contributed by atoms with Crippen molar-refractivity contribution in [3.8, 4) is 0 Å². The maximum absolute atomic E-state index is 12.6. The number of likely N-dealkylation sites (N-methyl/N-ethyl adjacent to an activating group) is 1. The van der Waals surface area contributed by atoms with Crippen LogP contribution in [0.1, 0.15) is 21.5 Å². The van der Waals surface area contributed by atoms with E-state index in [1.807, 2.05) is 42.5 Å². The molecular weight excluding hydrogens is 404 g/mol. The van der Waals surface area contributed by atoms with Crippen LogP contribution in [0.15, 0.2) is 82.8 Å². The summed E-state index contributed by atoms with van der Waals surface area (Å²) in [5.74, 6) is -0.0566. The van der Waals surface area contributed by atoms with Gasteiger partial charge in [-0.25, -0.2) is 4.98 Å². The minimum Gasteiger partial charge on any atom is -0.348 e. The molecule has 0 radical (unpaired) electrons. The minimum absolute atomic E-state index is 0.0566. The average Bonchev–Trinajstić information content (AvgIpc) is 2.80. The van der Waals surface area contributed by atoms with Crippen molar-refractivity contribution in [1.82, 2.24) is 20.1 Å². The maximum atomic E-state index is 12.6. The molecule has 1 amide bonds. The molecule has 1 N–H and O–H groups in total. The lowest BCUT2D eigenvalue weighted by Crippen LogP contribution is -2.43. The molecule has 1 aromatic heterocycles. The van der Waals surface area contributed by atoms with Crippen LogP contribution in [0, 0.1) is 0 Å². The molecule has 2 heterocycles. The highest BCUT2D eigenvalue weighted by Crippen LogP contribution is 2.25. The Morgan fingerprint density at radius 1 is 0.968 bits per heavy atom. The summed E-state index contributed by atoms with van der Waals surface area (Å²) >= 11 is 1.58. The topological polar surface area (TPSA) is 48.5 Å². The summed E-state index contributed by atoms with van der Waals surface area (Å²) in [6.07, 6.45) is 1.78. The highest BCUT2D eigenvalue weighted by Gasteiger charge is 2.14. The van der Waals surface area contributed by atoms with E-state index < -0.39 is 0 Å². The first kappa shape index (κ1) is 21.6. The number of nitrogens with zero attached hydrogens (tertiary/aromatic N) is 3. The zero-order valence-corrected chi connectivity index (χ0v) is 18.6. The molecule has 1 aliphatic heterocycles. The molecule has 0 unspecified atom stereocenters. The summed E-state index contributed by atoms with van der Waals surface area (Å²) in [5, 5.41) is 3.98. The van der Waals surface area contributed by atoms with Gasteiger partial charge in [0.1, 0.15) is 5.03 Å². The zero-order valence-electron chi connectivity index (χ0n) is 17.8. The van der Waals surface area contributed by atoms with Crippen molar-refractivity contribution in [3.63, 3.8) is 0 Å². The summed E-state index contributed by atoms with van der Waals surface area (Å²) in [6.45, 7) is 5.94. The molecule has 0 saturated carbocycles. The van der Waals surface area contributed by atoms with Gasteiger partial charge in [-0.1, -0.05) is 42.1 Å². The van der Waals surface area contributed by atoms with E-state index in [2.05, 4.69) is 51.4 Å². The smallest absolute Gasteiger partial charge is 0.251 e. The third kappa shape index (κ3) is 6.40. The first-order valence-electron chi connectivity index (χ1n) is 10.6. The van der Waals surface area contributed by atoms with E-state index in [-0.39, 0.29) is 5.91 Å². The van der Waals surface area contributed by atoms with Gasteiger partial charge in [0.25, 0.3) is 5.91 Å². The second-order valence-electron chi connectivity index (χ2n) is 7.88. The van der Waals surface area contributed by atoms with Gasteiger partial charge in [-0.3, -0.25) is 9.69 Å². The van der Waals surface area contributed by atoms with Crippen molar-refractivity contribution >= 4 is 17.7 Å². The van der Waals surface area contributed by atoms with Crippen molar-refractivity contribution in [3.05, 3.63) is 89.6 Å². The fourth-order valence-electron chi connectivity index (χ4n) is 3.59. The summed E-state index contributed by atoms with van der Waals surface area (Å²) in [7, 11) is 2.17. The number of piperazine rings is 1. The maximum Gasteiger partial charge on any atom is 0.251 e. The van der Waals surface area contributed by atoms with Crippen LogP contribution in [0.5, 0.6) is 0 Å². The molecule has 0 spiro atoms. The first-order valence-corrected chi connectivity index (χ1v) is 11.4. The van der Waals surface area contributed by atoms with Crippen LogP contribution in [0.3, 0.4) is 0 Å². The lowest BCUT2D eigenvalue weighted by Gasteiger charge is -2.32. The van der Waals surface area contributed by atoms with Crippen LogP contribution >= 0.6 is 11.8 Å². The van der Waals surface area contributed by atoms with Crippen LogP contribution < -0.4 is 5.32 Å². The molecule has 0 bridgehead atoms. The van der Waals surface area contributed by atoms with Gasteiger partial charge in [0.05, 0.1) is 0 Å². The molecule has 2 aromatic carbocycles. The summed E-state index contributed by atoms with van der Waals surface area (Å²) in [6, 6.07) is 22.0. The van der Waals surface area contributed by atoms with Gasteiger partial charge in [-0.05, 0) is 54.6 Å². The van der Waals surface area contributed by atoms with E-state index in [4.69, 9.17) is 0 Å².